The van der Waals surface area contributed by atoms with E-state index in [0.29, 0.717) is 18.7 Å². The summed E-state index contributed by atoms with van der Waals surface area (Å²) in [6.07, 6.45) is -0.0833. The van der Waals surface area contributed by atoms with Crippen LogP contribution >= 0.6 is 11.6 Å². The van der Waals surface area contributed by atoms with Crippen molar-refractivity contribution >= 4 is 17.6 Å². The monoisotopic (exact) mass is 287 g/mol. The van der Waals surface area contributed by atoms with Crippen LogP contribution in [-0.4, -0.2) is 29.1 Å². The zero-order valence-corrected chi connectivity index (χ0v) is 12.2. The highest BCUT2D eigenvalue weighted by molar-refractivity contribution is 6.31. The smallest absolute Gasteiger partial charge is 0.305 e. The summed E-state index contributed by atoms with van der Waals surface area (Å²) in [7, 11) is 0. The van der Waals surface area contributed by atoms with Gasteiger partial charge in [0.1, 0.15) is 5.82 Å². The van der Waals surface area contributed by atoms with Gasteiger partial charge in [-0.15, -0.1) is 0 Å². The van der Waals surface area contributed by atoms with Crippen LogP contribution in [0.1, 0.15) is 32.8 Å². The van der Waals surface area contributed by atoms with Gasteiger partial charge in [0.15, 0.2) is 0 Å². The highest BCUT2D eigenvalue weighted by atomic mass is 35.5. The van der Waals surface area contributed by atoms with Crippen LogP contribution in [0.15, 0.2) is 18.2 Å². The maximum atomic E-state index is 13.1. The van der Waals surface area contributed by atoms with E-state index in [4.69, 9.17) is 16.7 Å². The molecule has 0 fully saturated rings. The van der Waals surface area contributed by atoms with Gasteiger partial charge in [-0.1, -0.05) is 31.5 Å². The lowest BCUT2D eigenvalue weighted by atomic mass is 9.86. The number of carboxylic acid groups (broad SMARTS) is 1. The summed E-state index contributed by atoms with van der Waals surface area (Å²) in [6.45, 7) is 7.12. The highest BCUT2D eigenvalue weighted by Gasteiger charge is 2.36. The minimum atomic E-state index is -0.908. The van der Waals surface area contributed by atoms with Crippen LogP contribution in [-0.2, 0) is 10.3 Å². The van der Waals surface area contributed by atoms with Crippen LogP contribution < -0.4 is 0 Å². The van der Waals surface area contributed by atoms with Crippen LogP contribution in [0.3, 0.4) is 0 Å². The van der Waals surface area contributed by atoms with Crippen molar-refractivity contribution in [2.45, 2.75) is 32.7 Å². The molecule has 0 heterocycles. The third kappa shape index (κ3) is 3.45. The van der Waals surface area contributed by atoms with E-state index in [1.807, 2.05) is 25.7 Å². The van der Waals surface area contributed by atoms with Gasteiger partial charge in [0, 0.05) is 5.02 Å². The largest absolute Gasteiger partial charge is 0.481 e. The van der Waals surface area contributed by atoms with E-state index >= 15 is 0 Å². The van der Waals surface area contributed by atoms with Crippen LogP contribution in [0.5, 0.6) is 0 Å². The Bertz CT molecular complexity index is 463. The number of nitrogens with zero attached hydrogens (tertiary/aromatic N) is 1. The summed E-state index contributed by atoms with van der Waals surface area (Å²) in [4.78, 5) is 13.2. The summed E-state index contributed by atoms with van der Waals surface area (Å²) in [5.41, 5.74) is -0.109. The second-order valence-corrected chi connectivity index (χ2v) is 5.05. The molecule has 1 atom stereocenters. The molecule has 1 aromatic carbocycles. The molecular weight excluding hydrogens is 269 g/mol. The quantitative estimate of drug-likeness (QED) is 0.870. The first-order chi connectivity index (χ1) is 8.85. The van der Waals surface area contributed by atoms with E-state index in [2.05, 4.69) is 0 Å². The summed E-state index contributed by atoms with van der Waals surface area (Å²) in [5.74, 6) is -1.33. The van der Waals surface area contributed by atoms with Gasteiger partial charge >= 0.3 is 5.97 Å². The summed E-state index contributed by atoms with van der Waals surface area (Å²) in [5, 5.41) is 9.41. The third-order valence-electron chi connectivity index (χ3n) is 3.47. The number of hydrogen-bond donors (Lipinski definition) is 1. The summed E-state index contributed by atoms with van der Waals surface area (Å²) < 4.78 is 13.1. The van der Waals surface area contributed by atoms with Crippen LogP contribution in [0.25, 0.3) is 0 Å². The predicted molar refractivity (Wildman–Crippen MR) is 73.9 cm³/mol. The van der Waals surface area contributed by atoms with Gasteiger partial charge in [-0.2, -0.15) is 0 Å². The van der Waals surface area contributed by atoms with Gasteiger partial charge in [0.2, 0.25) is 0 Å². The molecule has 0 saturated carbocycles. The number of carboxylic acids is 1. The first-order valence-corrected chi connectivity index (χ1v) is 6.65. The molecule has 5 heteroatoms. The number of hydrogen-bond acceptors (Lipinski definition) is 2. The Hall–Kier alpha value is -1.13. The maximum absolute atomic E-state index is 13.1. The molecule has 0 spiro atoms. The fraction of sp³-hybridized carbons (Fsp3) is 0.500. The molecule has 1 aromatic rings. The van der Waals surface area contributed by atoms with E-state index < -0.39 is 17.3 Å². The molecule has 1 N–H and O–H groups in total. The van der Waals surface area contributed by atoms with Crippen molar-refractivity contribution in [1.29, 1.82) is 0 Å². The van der Waals surface area contributed by atoms with E-state index in [1.165, 1.54) is 12.1 Å². The minimum absolute atomic E-state index is 0.0833. The van der Waals surface area contributed by atoms with Gasteiger partial charge in [0.25, 0.3) is 0 Å². The number of benzene rings is 1. The van der Waals surface area contributed by atoms with E-state index in [1.54, 1.807) is 6.07 Å². The molecule has 3 nitrogen and oxygen atoms in total. The summed E-state index contributed by atoms with van der Waals surface area (Å²) in [6, 6.07) is 4.10. The average molecular weight is 288 g/mol. The zero-order chi connectivity index (χ0) is 14.6. The zero-order valence-electron chi connectivity index (χ0n) is 11.4. The van der Waals surface area contributed by atoms with E-state index in [-0.39, 0.29) is 11.4 Å². The molecule has 1 rings (SSSR count). The topological polar surface area (TPSA) is 40.5 Å². The van der Waals surface area contributed by atoms with Gasteiger partial charge in [-0.3, -0.25) is 9.69 Å². The Morgan fingerprint density at radius 1 is 1.42 bits per heavy atom. The Kier molecular flexibility index (Phi) is 5.32. The van der Waals surface area contributed by atoms with E-state index in [9.17, 15) is 9.18 Å². The molecule has 0 saturated heterocycles. The number of rotatable bonds is 6. The molecule has 0 radical (unpaired) electrons. The molecule has 0 aromatic heterocycles. The molecular formula is C14H19ClFNO2. The molecule has 19 heavy (non-hydrogen) atoms. The van der Waals surface area contributed by atoms with E-state index in [0.717, 1.165) is 0 Å². The number of aliphatic carboxylic acids is 1. The SMILES string of the molecule is CCN(CC)C(C)(CC(=O)O)c1ccc(F)cc1Cl. The molecule has 0 aliphatic heterocycles. The molecule has 106 valence electrons. The normalized spacial score (nSPS) is 14.4. The van der Waals surface area contributed by atoms with Gasteiger partial charge in [0.05, 0.1) is 12.0 Å². The average Bonchev–Trinajstić information content (AvgIpc) is 2.28. The molecule has 1 unspecified atom stereocenters. The Morgan fingerprint density at radius 2 is 2.00 bits per heavy atom. The van der Waals surface area contributed by atoms with Crippen molar-refractivity contribution in [3.05, 3.63) is 34.6 Å². The Labute approximate surface area is 118 Å². The lowest BCUT2D eigenvalue weighted by molar-refractivity contribution is -0.140. The predicted octanol–water partition coefficient (Wildman–Crippen LogP) is 3.51. The van der Waals surface area contributed by atoms with Gasteiger partial charge in [-0.05, 0) is 37.7 Å². The van der Waals surface area contributed by atoms with Crippen LogP contribution in [0, 0.1) is 5.82 Å². The fourth-order valence-electron chi connectivity index (χ4n) is 2.52. The lowest BCUT2D eigenvalue weighted by Crippen LogP contribution is -2.45. The standard InChI is InChI=1S/C14H19ClFNO2/c1-4-17(5-2)14(3,9-13(18)19)11-7-6-10(16)8-12(11)15/h6-8H,4-5,9H2,1-3H3,(H,18,19). The van der Waals surface area contributed by atoms with Crippen molar-refractivity contribution in [1.82, 2.24) is 4.90 Å². The van der Waals surface area contributed by atoms with Crippen molar-refractivity contribution < 1.29 is 14.3 Å². The van der Waals surface area contributed by atoms with Crippen molar-refractivity contribution in [2.75, 3.05) is 13.1 Å². The second-order valence-electron chi connectivity index (χ2n) is 4.64. The Balaban J connectivity index is 3.33. The van der Waals surface area contributed by atoms with Crippen molar-refractivity contribution in [3.63, 3.8) is 0 Å². The first kappa shape index (κ1) is 15.9. The summed E-state index contributed by atoms with van der Waals surface area (Å²) >= 11 is 6.10. The first-order valence-electron chi connectivity index (χ1n) is 6.27. The third-order valence-corrected chi connectivity index (χ3v) is 3.78. The lowest BCUT2D eigenvalue weighted by Gasteiger charge is -2.40. The van der Waals surface area contributed by atoms with Crippen molar-refractivity contribution in [2.24, 2.45) is 0 Å². The maximum Gasteiger partial charge on any atom is 0.305 e. The number of carbonyl (C=O) groups is 1. The van der Waals surface area contributed by atoms with Crippen LogP contribution in [0.2, 0.25) is 5.02 Å². The molecule has 0 aliphatic carbocycles. The molecule has 0 bridgehead atoms. The van der Waals surface area contributed by atoms with Crippen molar-refractivity contribution in [3.8, 4) is 0 Å². The van der Waals surface area contributed by atoms with Crippen LogP contribution in [0.4, 0.5) is 4.39 Å². The van der Waals surface area contributed by atoms with Gasteiger partial charge < -0.3 is 5.11 Å². The Morgan fingerprint density at radius 3 is 2.42 bits per heavy atom. The minimum Gasteiger partial charge on any atom is -0.481 e. The second kappa shape index (κ2) is 6.35. The molecule has 0 aliphatic rings. The number of halogens is 2. The molecule has 0 amide bonds. The van der Waals surface area contributed by atoms with Gasteiger partial charge in [-0.25, -0.2) is 4.39 Å². The fourth-order valence-corrected chi connectivity index (χ4v) is 2.89. The highest BCUT2D eigenvalue weighted by Crippen LogP contribution is 2.36.